The van der Waals surface area contributed by atoms with Crippen molar-refractivity contribution >= 4 is 11.8 Å². The first-order valence-electron chi connectivity index (χ1n) is 14.1. The molecule has 5 rings (SSSR count). The van der Waals surface area contributed by atoms with Crippen molar-refractivity contribution in [2.24, 2.45) is 16.7 Å². The molecule has 0 bridgehead atoms. The molecule has 5 nitrogen and oxygen atoms in total. The molecule has 198 valence electrons. The van der Waals surface area contributed by atoms with E-state index in [1.165, 1.54) is 18.4 Å². The van der Waals surface area contributed by atoms with E-state index in [0.717, 1.165) is 68.7 Å². The lowest BCUT2D eigenvalue weighted by Gasteiger charge is -2.30. The predicted molar refractivity (Wildman–Crippen MR) is 148 cm³/mol. The summed E-state index contributed by atoms with van der Waals surface area (Å²) < 4.78 is 0. The molecule has 3 aliphatic rings. The van der Waals surface area contributed by atoms with Gasteiger partial charge in [0.1, 0.15) is 0 Å². The van der Waals surface area contributed by atoms with Crippen LogP contribution in [-0.2, 0) is 4.79 Å². The molecule has 3 fully saturated rings. The lowest BCUT2D eigenvalue weighted by Crippen LogP contribution is -2.38. The van der Waals surface area contributed by atoms with Crippen molar-refractivity contribution in [3.05, 3.63) is 70.8 Å². The van der Waals surface area contributed by atoms with Crippen LogP contribution in [0.15, 0.2) is 48.5 Å². The van der Waals surface area contributed by atoms with Crippen LogP contribution in [-0.4, -0.2) is 54.3 Å². The van der Waals surface area contributed by atoms with E-state index < -0.39 is 0 Å². The fraction of sp³-hybridized carbons (Fsp3) is 0.562. The summed E-state index contributed by atoms with van der Waals surface area (Å²) in [6.07, 6.45) is 5.28. The van der Waals surface area contributed by atoms with E-state index in [4.69, 9.17) is 0 Å². The summed E-state index contributed by atoms with van der Waals surface area (Å²) in [5, 5.41) is 3.40. The van der Waals surface area contributed by atoms with E-state index in [-0.39, 0.29) is 34.6 Å². The van der Waals surface area contributed by atoms with Crippen molar-refractivity contribution in [2.45, 2.75) is 65.8 Å². The molecule has 37 heavy (non-hydrogen) atoms. The molecule has 2 amide bonds. The molecule has 0 aromatic heterocycles. The first kappa shape index (κ1) is 26.0. The molecule has 3 atom stereocenters. The minimum atomic E-state index is 0.0393. The van der Waals surface area contributed by atoms with Crippen LogP contribution in [0.2, 0.25) is 0 Å². The summed E-state index contributed by atoms with van der Waals surface area (Å²) in [6, 6.07) is 16.6. The van der Waals surface area contributed by atoms with Gasteiger partial charge in [-0.05, 0) is 49.8 Å². The number of nitrogens with zero attached hydrogens (tertiary/aromatic N) is 2. The number of amides is 2. The molecule has 5 heteroatoms. The molecule has 0 radical (unpaired) electrons. The minimum Gasteiger partial charge on any atom is -0.349 e. The SMILES string of the molecule is Cc1cccc(C)c1C(=O)N1C[C@]2(C)CN(CC[C@H](NC(=O)C3CCCC3)c3ccccc3)C[C@]2(C)C1. The fourth-order valence-electron chi connectivity index (χ4n) is 7.21. The smallest absolute Gasteiger partial charge is 0.254 e. The number of aryl methyl sites for hydroxylation is 2. The van der Waals surface area contributed by atoms with Gasteiger partial charge < -0.3 is 15.1 Å². The van der Waals surface area contributed by atoms with Crippen molar-refractivity contribution in [3.63, 3.8) is 0 Å². The zero-order valence-corrected chi connectivity index (χ0v) is 23.1. The van der Waals surface area contributed by atoms with Crippen LogP contribution in [0.5, 0.6) is 0 Å². The molecule has 1 aliphatic carbocycles. The van der Waals surface area contributed by atoms with Gasteiger partial charge in [0.2, 0.25) is 5.91 Å². The number of hydrogen-bond donors (Lipinski definition) is 1. The molecular weight excluding hydrogens is 458 g/mol. The van der Waals surface area contributed by atoms with Gasteiger partial charge >= 0.3 is 0 Å². The monoisotopic (exact) mass is 501 g/mol. The quantitative estimate of drug-likeness (QED) is 0.543. The Balaban J connectivity index is 1.24. The average Bonchev–Trinajstić information content (AvgIpc) is 3.54. The Kier molecular flexibility index (Phi) is 7.19. The fourth-order valence-corrected chi connectivity index (χ4v) is 7.21. The molecule has 2 heterocycles. The predicted octanol–water partition coefficient (Wildman–Crippen LogP) is 5.53. The third kappa shape index (κ3) is 5.07. The summed E-state index contributed by atoms with van der Waals surface area (Å²) in [5.41, 5.74) is 4.31. The third-order valence-corrected chi connectivity index (χ3v) is 9.64. The van der Waals surface area contributed by atoms with Crippen molar-refractivity contribution in [1.82, 2.24) is 15.1 Å². The maximum atomic E-state index is 13.5. The van der Waals surface area contributed by atoms with Crippen molar-refractivity contribution in [1.29, 1.82) is 0 Å². The van der Waals surface area contributed by atoms with Crippen LogP contribution in [0.4, 0.5) is 0 Å². The molecule has 1 N–H and O–H groups in total. The second-order valence-electron chi connectivity index (χ2n) is 12.5. The molecule has 2 aliphatic heterocycles. The van der Waals surface area contributed by atoms with E-state index in [9.17, 15) is 9.59 Å². The Labute approximate surface area is 222 Å². The summed E-state index contributed by atoms with van der Waals surface area (Å²) in [4.78, 5) is 31.2. The number of carbonyl (C=O) groups is 2. The molecule has 2 aromatic rings. The van der Waals surface area contributed by atoms with Gasteiger partial charge in [-0.25, -0.2) is 0 Å². The maximum absolute atomic E-state index is 13.5. The van der Waals surface area contributed by atoms with Crippen LogP contribution in [0.3, 0.4) is 0 Å². The highest BCUT2D eigenvalue weighted by atomic mass is 16.2. The molecule has 1 saturated carbocycles. The largest absolute Gasteiger partial charge is 0.349 e. The summed E-state index contributed by atoms with van der Waals surface area (Å²) in [5.74, 6) is 0.581. The summed E-state index contributed by atoms with van der Waals surface area (Å²) in [7, 11) is 0. The van der Waals surface area contributed by atoms with Gasteiger partial charge in [0.05, 0.1) is 6.04 Å². The zero-order chi connectivity index (χ0) is 26.2. The average molecular weight is 502 g/mol. The van der Waals surface area contributed by atoms with Crippen LogP contribution in [0.25, 0.3) is 0 Å². The van der Waals surface area contributed by atoms with Gasteiger partial charge in [0, 0.05) is 55.0 Å². The number of rotatable bonds is 7. The Hall–Kier alpha value is -2.66. The highest BCUT2D eigenvalue weighted by molar-refractivity contribution is 5.97. The highest BCUT2D eigenvalue weighted by Gasteiger charge is 2.58. The van der Waals surface area contributed by atoms with Gasteiger partial charge in [-0.1, -0.05) is 75.2 Å². The second kappa shape index (κ2) is 10.2. The van der Waals surface area contributed by atoms with Crippen LogP contribution in [0.1, 0.15) is 79.0 Å². The Bertz CT molecular complexity index is 1100. The first-order chi connectivity index (χ1) is 17.7. The summed E-state index contributed by atoms with van der Waals surface area (Å²) >= 11 is 0. The number of benzene rings is 2. The molecule has 2 saturated heterocycles. The Morgan fingerprint density at radius 3 is 2.08 bits per heavy atom. The van der Waals surface area contributed by atoms with Crippen LogP contribution < -0.4 is 5.32 Å². The van der Waals surface area contributed by atoms with Crippen LogP contribution in [0, 0.1) is 30.6 Å². The number of likely N-dealkylation sites (tertiary alicyclic amines) is 2. The minimum absolute atomic E-state index is 0.0393. The molecule has 2 aromatic carbocycles. The Morgan fingerprint density at radius 2 is 1.49 bits per heavy atom. The molecule has 0 unspecified atom stereocenters. The van der Waals surface area contributed by atoms with Crippen molar-refractivity contribution in [3.8, 4) is 0 Å². The topological polar surface area (TPSA) is 52.7 Å². The van der Waals surface area contributed by atoms with Gasteiger partial charge in [0.25, 0.3) is 5.91 Å². The number of fused-ring (bicyclic) bond motifs is 1. The van der Waals surface area contributed by atoms with Gasteiger partial charge in [-0.3, -0.25) is 9.59 Å². The third-order valence-electron chi connectivity index (χ3n) is 9.64. The first-order valence-corrected chi connectivity index (χ1v) is 14.1. The van der Waals surface area contributed by atoms with E-state index >= 15 is 0 Å². The van der Waals surface area contributed by atoms with E-state index in [1.807, 2.05) is 38.1 Å². The van der Waals surface area contributed by atoms with Gasteiger partial charge in [0.15, 0.2) is 0 Å². The number of hydrogen-bond acceptors (Lipinski definition) is 3. The maximum Gasteiger partial charge on any atom is 0.254 e. The molecular formula is C32H43N3O2. The highest BCUT2D eigenvalue weighted by Crippen LogP contribution is 2.52. The second-order valence-corrected chi connectivity index (χ2v) is 12.5. The number of nitrogens with one attached hydrogen (secondary N) is 1. The number of carbonyl (C=O) groups excluding carboxylic acids is 2. The van der Waals surface area contributed by atoms with E-state index in [2.05, 4.69) is 53.2 Å². The molecule has 0 spiro atoms. The summed E-state index contributed by atoms with van der Waals surface area (Å²) in [6.45, 7) is 13.3. The van der Waals surface area contributed by atoms with Crippen LogP contribution >= 0.6 is 0 Å². The standard InChI is InChI=1S/C32H43N3O2/c1-23-11-10-12-24(2)28(23)30(37)35-21-31(3)19-34(20-32(31,4)22-35)18-17-27(25-13-6-5-7-14-25)33-29(36)26-15-8-9-16-26/h5-7,10-14,26-27H,8-9,15-22H2,1-4H3,(H,33,36)/t27-,31-,32+/m0/s1. The lowest BCUT2D eigenvalue weighted by atomic mass is 9.71. The van der Waals surface area contributed by atoms with E-state index in [0.29, 0.717) is 0 Å². The Morgan fingerprint density at radius 1 is 0.892 bits per heavy atom. The normalized spacial score (nSPS) is 26.9. The van der Waals surface area contributed by atoms with Crippen molar-refractivity contribution < 1.29 is 9.59 Å². The van der Waals surface area contributed by atoms with Gasteiger partial charge in [-0.2, -0.15) is 0 Å². The zero-order valence-electron chi connectivity index (χ0n) is 23.1. The van der Waals surface area contributed by atoms with Gasteiger partial charge in [-0.15, -0.1) is 0 Å². The lowest BCUT2D eigenvalue weighted by molar-refractivity contribution is -0.125. The van der Waals surface area contributed by atoms with Crippen molar-refractivity contribution in [2.75, 3.05) is 32.7 Å². The van der Waals surface area contributed by atoms with E-state index in [1.54, 1.807) is 0 Å².